The first kappa shape index (κ1) is 11.7. The topological polar surface area (TPSA) is 55.7 Å². The molecule has 86 valence electrons. The van der Waals surface area contributed by atoms with Gasteiger partial charge in [-0.1, -0.05) is 11.6 Å². The summed E-state index contributed by atoms with van der Waals surface area (Å²) < 4.78 is 0. The Balaban J connectivity index is 2.52. The van der Waals surface area contributed by atoms with E-state index in [1.165, 1.54) is 13.1 Å². The van der Waals surface area contributed by atoms with Crippen LogP contribution in [0, 0.1) is 6.92 Å². The van der Waals surface area contributed by atoms with E-state index in [1.807, 2.05) is 0 Å². The van der Waals surface area contributed by atoms with Gasteiger partial charge < -0.3 is 0 Å². The summed E-state index contributed by atoms with van der Waals surface area (Å²) in [5.41, 5.74) is 1.66. The summed E-state index contributed by atoms with van der Waals surface area (Å²) in [4.78, 5) is 23.7. The summed E-state index contributed by atoms with van der Waals surface area (Å²) in [6, 6.07) is 3.46. The molecule has 2 rings (SSSR count). The molecule has 0 aliphatic heterocycles. The van der Waals surface area contributed by atoms with Crippen LogP contribution in [0.25, 0.3) is 11.5 Å². The maximum Gasteiger partial charge on any atom is 0.179 e. The molecule has 0 N–H and O–H groups in total. The molecule has 0 atom stereocenters. The van der Waals surface area contributed by atoms with Crippen LogP contribution in [-0.2, 0) is 0 Å². The zero-order valence-electron chi connectivity index (χ0n) is 9.44. The Morgan fingerprint density at radius 1 is 1.35 bits per heavy atom. The van der Waals surface area contributed by atoms with Gasteiger partial charge in [0.1, 0.15) is 5.69 Å². The molecule has 0 saturated carbocycles. The van der Waals surface area contributed by atoms with Crippen LogP contribution < -0.4 is 0 Å². The van der Waals surface area contributed by atoms with Crippen molar-refractivity contribution in [1.29, 1.82) is 0 Å². The Labute approximate surface area is 104 Å². The average molecular weight is 248 g/mol. The third-order valence-corrected chi connectivity index (χ3v) is 2.63. The number of hydrogen-bond donors (Lipinski definition) is 0. The molecule has 0 unspecified atom stereocenters. The molecule has 0 aliphatic carbocycles. The maximum atomic E-state index is 11.3. The van der Waals surface area contributed by atoms with Gasteiger partial charge in [0.15, 0.2) is 11.6 Å². The molecule has 0 radical (unpaired) electrons. The summed E-state index contributed by atoms with van der Waals surface area (Å²) in [6.07, 6.45) is 3.13. The van der Waals surface area contributed by atoms with E-state index in [9.17, 15) is 4.79 Å². The van der Waals surface area contributed by atoms with Crippen molar-refractivity contribution in [1.82, 2.24) is 15.0 Å². The van der Waals surface area contributed by atoms with Crippen molar-refractivity contribution in [3.63, 3.8) is 0 Å². The summed E-state index contributed by atoms with van der Waals surface area (Å²) in [5.74, 6) is 0.374. The lowest BCUT2D eigenvalue weighted by Crippen LogP contribution is -2.02. The maximum absolute atomic E-state index is 11.3. The standard InChI is InChI=1S/C12H10ClN3O/c1-7-9(8(2)17)6-15-12(16-7)11-10(13)4-3-5-14-11/h3-6H,1-2H3. The number of halogens is 1. The zero-order valence-corrected chi connectivity index (χ0v) is 10.2. The first-order valence-corrected chi connectivity index (χ1v) is 5.43. The van der Waals surface area contributed by atoms with E-state index < -0.39 is 0 Å². The highest BCUT2D eigenvalue weighted by Gasteiger charge is 2.11. The van der Waals surface area contributed by atoms with Crippen LogP contribution in [0.5, 0.6) is 0 Å². The van der Waals surface area contributed by atoms with E-state index >= 15 is 0 Å². The number of hydrogen-bond acceptors (Lipinski definition) is 4. The number of aromatic nitrogens is 3. The zero-order chi connectivity index (χ0) is 12.4. The molecule has 2 heterocycles. The van der Waals surface area contributed by atoms with Crippen LogP contribution in [0.2, 0.25) is 5.02 Å². The van der Waals surface area contributed by atoms with Gasteiger partial charge in [0.25, 0.3) is 0 Å². The van der Waals surface area contributed by atoms with Crippen LogP contribution in [0.15, 0.2) is 24.5 Å². The van der Waals surface area contributed by atoms with Gasteiger partial charge in [0, 0.05) is 12.4 Å². The molecular formula is C12H10ClN3O. The van der Waals surface area contributed by atoms with Crippen LogP contribution in [0.4, 0.5) is 0 Å². The highest BCUT2D eigenvalue weighted by molar-refractivity contribution is 6.32. The van der Waals surface area contributed by atoms with E-state index in [2.05, 4.69) is 15.0 Å². The molecule has 2 aromatic rings. The summed E-state index contributed by atoms with van der Waals surface area (Å²) in [5, 5.41) is 0.488. The molecule has 2 aromatic heterocycles. The van der Waals surface area contributed by atoms with Crippen LogP contribution >= 0.6 is 11.6 Å². The van der Waals surface area contributed by atoms with Gasteiger partial charge in [-0.3, -0.25) is 9.78 Å². The fourth-order valence-corrected chi connectivity index (χ4v) is 1.68. The number of pyridine rings is 1. The predicted molar refractivity (Wildman–Crippen MR) is 65.0 cm³/mol. The quantitative estimate of drug-likeness (QED) is 0.766. The summed E-state index contributed by atoms with van der Waals surface area (Å²) in [6.45, 7) is 3.25. The third-order valence-electron chi connectivity index (χ3n) is 2.33. The van der Waals surface area contributed by atoms with Crippen molar-refractivity contribution in [2.45, 2.75) is 13.8 Å². The van der Waals surface area contributed by atoms with E-state index in [0.29, 0.717) is 27.8 Å². The lowest BCUT2D eigenvalue weighted by atomic mass is 10.2. The minimum Gasteiger partial charge on any atom is -0.294 e. The smallest absolute Gasteiger partial charge is 0.179 e. The Morgan fingerprint density at radius 2 is 2.12 bits per heavy atom. The number of ketones is 1. The van der Waals surface area contributed by atoms with Gasteiger partial charge in [0.05, 0.1) is 16.3 Å². The van der Waals surface area contributed by atoms with Gasteiger partial charge in [-0.05, 0) is 26.0 Å². The SMILES string of the molecule is CC(=O)c1cnc(-c2ncccc2Cl)nc1C. The Bertz CT molecular complexity index is 584. The largest absolute Gasteiger partial charge is 0.294 e. The Morgan fingerprint density at radius 3 is 2.71 bits per heavy atom. The molecule has 0 aromatic carbocycles. The van der Waals surface area contributed by atoms with Crippen LogP contribution in [-0.4, -0.2) is 20.7 Å². The molecule has 5 heteroatoms. The molecule has 0 spiro atoms. The molecule has 0 bridgehead atoms. The van der Waals surface area contributed by atoms with Gasteiger partial charge in [-0.25, -0.2) is 9.97 Å². The average Bonchev–Trinajstić information content (AvgIpc) is 2.29. The second kappa shape index (κ2) is 4.59. The minimum atomic E-state index is -0.0545. The highest BCUT2D eigenvalue weighted by Crippen LogP contribution is 2.22. The molecule has 0 aliphatic rings. The van der Waals surface area contributed by atoms with Crippen molar-refractivity contribution < 1.29 is 4.79 Å². The fraction of sp³-hybridized carbons (Fsp3) is 0.167. The van der Waals surface area contributed by atoms with E-state index in [1.54, 1.807) is 25.3 Å². The molecule has 0 fully saturated rings. The van der Waals surface area contributed by atoms with Crippen molar-refractivity contribution in [3.05, 3.63) is 40.8 Å². The van der Waals surface area contributed by atoms with Crippen molar-refractivity contribution in [2.75, 3.05) is 0 Å². The van der Waals surface area contributed by atoms with Crippen LogP contribution in [0.3, 0.4) is 0 Å². The van der Waals surface area contributed by atoms with Gasteiger partial charge in [0.2, 0.25) is 0 Å². The first-order chi connectivity index (χ1) is 8.09. The first-order valence-electron chi connectivity index (χ1n) is 5.05. The monoisotopic (exact) mass is 247 g/mol. The Kier molecular flexibility index (Phi) is 3.15. The second-order valence-electron chi connectivity index (χ2n) is 3.58. The molecular weight excluding hydrogens is 238 g/mol. The lowest BCUT2D eigenvalue weighted by Gasteiger charge is -2.04. The number of carbonyl (C=O) groups is 1. The third kappa shape index (κ3) is 2.31. The normalized spacial score (nSPS) is 10.3. The number of rotatable bonds is 2. The summed E-state index contributed by atoms with van der Waals surface area (Å²) in [7, 11) is 0. The van der Waals surface area contributed by atoms with Crippen molar-refractivity contribution in [2.24, 2.45) is 0 Å². The number of Topliss-reactive ketones (excluding diaryl/α,β-unsaturated/α-hetero) is 1. The van der Waals surface area contributed by atoms with Gasteiger partial charge >= 0.3 is 0 Å². The molecule has 0 amide bonds. The molecule has 0 saturated heterocycles. The van der Waals surface area contributed by atoms with Crippen molar-refractivity contribution in [3.8, 4) is 11.5 Å². The Hall–Kier alpha value is -1.81. The van der Waals surface area contributed by atoms with E-state index in [-0.39, 0.29) is 5.78 Å². The highest BCUT2D eigenvalue weighted by atomic mass is 35.5. The van der Waals surface area contributed by atoms with E-state index in [0.717, 1.165) is 0 Å². The molecule has 17 heavy (non-hydrogen) atoms. The number of aryl methyl sites for hydroxylation is 1. The van der Waals surface area contributed by atoms with E-state index in [4.69, 9.17) is 11.6 Å². The fourth-order valence-electron chi connectivity index (χ4n) is 1.48. The van der Waals surface area contributed by atoms with Gasteiger partial charge in [-0.2, -0.15) is 0 Å². The van der Waals surface area contributed by atoms with Gasteiger partial charge in [-0.15, -0.1) is 0 Å². The van der Waals surface area contributed by atoms with Crippen molar-refractivity contribution >= 4 is 17.4 Å². The predicted octanol–water partition coefficient (Wildman–Crippen LogP) is 2.70. The number of carbonyl (C=O) groups excluding carboxylic acids is 1. The second-order valence-corrected chi connectivity index (χ2v) is 3.99. The number of nitrogens with zero attached hydrogens (tertiary/aromatic N) is 3. The lowest BCUT2D eigenvalue weighted by molar-refractivity contribution is 0.101. The molecule has 4 nitrogen and oxygen atoms in total. The summed E-state index contributed by atoms with van der Waals surface area (Å²) >= 11 is 6.00. The minimum absolute atomic E-state index is 0.0545. The van der Waals surface area contributed by atoms with Crippen LogP contribution in [0.1, 0.15) is 23.0 Å².